The van der Waals surface area contributed by atoms with Crippen molar-refractivity contribution < 1.29 is 4.39 Å². The van der Waals surface area contributed by atoms with Gasteiger partial charge in [-0.1, -0.05) is 19.1 Å². The van der Waals surface area contributed by atoms with Gasteiger partial charge in [0.15, 0.2) is 0 Å². The van der Waals surface area contributed by atoms with Gasteiger partial charge in [-0.05, 0) is 6.42 Å². The Bertz CT molecular complexity index is 209. The maximum Gasteiger partial charge on any atom is 0.232 e. The summed E-state index contributed by atoms with van der Waals surface area (Å²) < 4.78 is 12.6. The number of aromatic nitrogens is 3. The summed E-state index contributed by atoms with van der Waals surface area (Å²) in [6, 6.07) is 0. The Hall–Kier alpha value is -0.930. The lowest BCUT2D eigenvalue weighted by Crippen LogP contribution is -1.94. The number of H-pyrrole nitrogens is 1. The summed E-state index contributed by atoms with van der Waals surface area (Å²) in [4.78, 5) is 0. The summed E-state index contributed by atoms with van der Waals surface area (Å²) in [6.45, 7) is 3.90. The molecule has 0 radical (unpaired) electrons. The Morgan fingerprint density at radius 1 is 1.70 bits per heavy atom. The lowest BCUT2D eigenvalue weighted by atomic mass is 10.1. The van der Waals surface area contributed by atoms with Crippen molar-refractivity contribution in [3.63, 3.8) is 0 Å². The molecule has 4 heteroatoms. The van der Waals surface area contributed by atoms with E-state index in [2.05, 4.69) is 15.4 Å². The van der Waals surface area contributed by atoms with Gasteiger partial charge >= 0.3 is 0 Å². The zero-order valence-electron chi connectivity index (χ0n) is 6.06. The second-order valence-corrected chi connectivity index (χ2v) is 2.32. The molecule has 10 heavy (non-hydrogen) atoms. The van der Waals surface area contributed by atoms with Crippen LogP contribution in [0.3, 0.4) is 0 Å². The molecular weight excluding hydrogens is 133 g/mol. The molecule has 1 N–H and O–H groups in total. The van der Waals surface area contributed by atoms with Crippen LogP contribution in [0.4, 0.5) is 4.39 Å². The molecule has 1 aromatic heterocycles. The SMILES string of the molecule is CCC(C)c1nn[nH]c1F. The molecule has 0 aliphatic rings. The number of nitrogens with zero attached hydrogens (tertiary/aromatic N) is 2. The highest BCUT2D eigenvalue weighted by Crippen LogP contribution is 2.16. The largest absolute Gasteiger partial charge is 0.232 e. The summed E-state index contributed by atoms with van der Waals surface area (Å²) in [5.74, 6) is -0.256. The standard InChI is InChI=1S/C6H10FN3/c1-3-4(2)5-6(7)9-10-8-5/h4H,3H2,1-2H3,(H,8,9,10). The molecule has 1 unspecified atom stereocenters. The minimum atomic E-state index is -0.408. The minimum absolute atomic E-state index is 0.152. The Kier molecular flexibility index (Phi) is 1.99. The first-order chi connectivity index (χ1) is 4.75. The van der Waals surface area contributed by atoms with Crippen LogP contribution in [-0.4, -0.2) is 15.4 Å². The van der Waals surface area contributed by atoms with Crippen molar-refractivity contribution in [2.45, 2.75) is 26.2 Å². The molecule has 0 aliphatic heterocycles. The van der Waals surface area contributed by atoms with E-state index in [-0.39, 0.29) is 5.92 Å². The average Bonchev–Trinajstić information content (AvgIpc) is 2.34. The Balaban J connectivity index is 2.82. The fourth-order valence-corrected chi connectivity index (χ4v) is 0.732. The molecule has 0 saturated carbocycles. The van der Waals surface area contributed by atoms with Gasteiger partial charge in [0.05, 0.1) is 0 Å². The maximum absolute atomic E-state index is 12.6. The number of aromatic amines is 1. The van der Waals surface area contributed by atoms with Crippen LogP contribution in [0.5, 0.6) is 0 Å². The van der Waals surface area contributed by atoms with Gasteiger partial charge < -0.3 is 0 Å². The first-order valence-corrected chi connectivity index (χ1v) is 3.32. The summed E-state index contributed by atoms with van der Waals surface area (Å²) in [5.41, 5.74) is 0.433. The molecule has 1 aromatic rings. The fourth-order valence-electron chi connectivity index (χ4n) is 0.732. The van der Waals surface area contributed by atoms with E-state index in [1.165, 1.54) is 0 Å². The number of hydrogen-bond acceptors (Lipinski definition) is 2. The summed E-state index contributed by atoms with van der Waals surface area (Å²) in [7, 11) is 0. The molecule has 0 spiro atoms. The number of halogens is 1. The first kappa shape index (κ1) is 7.18. The van der Waals surface area contributed by atoms with E-state index in [0.717, 1.165) is 6.42 Å². The minimum Gasteiger partial charge on any atom is -0.232 e. The molecule has 1 heterocycles. The highest BCUT2D eigenvalue weighted by atomic mass is 19.1. The van der Waals surface area contributed by atoms with Gasteiger partial charge in [0.25, 0.3) is 0 Å². The topological polar surface area (TPSA) is 41.6 Å². The third-order valence-corrected chi connectivity index (χ3v) is 1.61. The molecule has 0 aliphatic carbocycles. The highest BCUT2D eigenvalue weighted by molar-refractivity contribution is 5.00. The van der Waals surface area contributed by atoms with E-state index in [1.54, 1.807) is 0 Å². The Morgan fingerprint density at radius 3 is 2.80 bits per heavy atom. The van der Waals surface area contributed by atoms with Gasteiger partial charge in [0, 0.05) is 5.92 Å². The van der Waals surface area contributed by atoms with Crippen LogP contribution in [-0.2, 0) is 0 Å². The third kappa shape index (κ3) is 1.15. The summed E-state index contributed by atoms with van der Waals surface area (Å²) in [5, 5.41) is 9.10. The van der Waals surface area contributed by atoms with Gasteiger partial charge in [-0.3, -0.25) is 0 Å². The van der Waals surface area contributed by atoms with Crippen LogP contribution >= 0.6 is 0 Å². The molecule has 0 amide bonds. The van der Waals surface area contributed by atoms with E-state index in [9.17, 15) is 4.39 Å². The van der Waals surface area contributed by atoms with Crippen molar-refractivity contribution in [2.75, 3.05) is 0 Å². The lowest BCUT2D eigenvalue weighted by molar-refractivity contribution is 0.547. The predicted molar refractivity (Wildman–Crippen MR) is 35.0 cm³/mol. The first-order valence-electron chi connectivity index (χ1n) is 3.32. The van der Waals surface area contributed by atoms with Gasteiger partial charge in [-0.2, -0.15) is 4.39 Å². The molecule has 56 valence electrons. The van der Waals surface area contributed by atoms with E-state index in [1.807, 2.05) is 13.8 Å². The zero-order valence-corrected chi connectivity index (χ0v) is 6.06. The fraction of sp³-hybridized carbons (Fsp3) is 0.667. The zero-order chi connectivity index (χ0) is 7.56. The van der Waals surface area contributed by atoms with Crippen molar-refractivity contribution in [1.82, 2.24) is 15.4 Å². The van der Waals surface area contributed by atoms with E-state index in [0.29, 0.717) is 5.69 Å². The van der Waals surface area contributed by atoms with Gasteiger partial charge in [-0.15, -0.1) is 5.10 Å². The molecular formula is C6H10FN3. The van der Waals surface area contributed by atoms with Crippen LogP contribution in [0.1, 0.15) is 31.9 Å². The van der Waals surface area contributed by atoms with Crippen LogP contribution in [0.25, 0.3) is 0 Å². The van der Waals surface area contributed by atoms with Crippen molar-refractivity contribution in [3.05, 3.63) is 11.6 Å². The van der Waals surface area contributed by atoms with E-state index >= 15 is 0 Å². The Labute approximate surface area is 58.6 Å². The van der Waals surface area contributed by atoms with Crippen LogP contribution in [0, 0.1) is 5.95 Å². The van der Waals surface area contributed by atoms with Gasteiger partial charge in [0.1, 0.15) is 5.69 Å². The van der Waals surface area contributed by atoms with Crippen molar-refractivity contribution in [3.8, 4) is 0 Å². The molecule has 1 atom stereocenters. The van der Waals surface area contributed by atoms with Crippen molar-refractivity contribution in [1.29, 1.82) is 0 Å². The van der Waals surface area contributed by atoms with Crippen molar-refractivity contribution >= 4 is 0 Å². The smallest absolute Gasteiger partial charge is 0.232 e. The Morgan fingerprint density at radius 2 is 2.40 bits per heavy atom. The normalized spacial score (nSPS) is 13.5. The number of rotatable bonds is 2. The summed E-state index contributed by atoms with van der Waals surface area (Å²) >= 11 is 0. The van der Waals surface area contributed by atoms with Gasteiger partial charge in [-0.25, -0.2) is 5.10 Å². The van der Waals surface area contributed by atoms with Crippen LogP contribution in [0.15, 0.2) is 0 Å². The second-order valence-electron chi connectivity index (χ2n) is 2.32. The molecule has 1 rings (SSSR count). The quantitative estimate of drug-likeness (QED) is 0.680. The predicted octanol–water partition coefficient (Wildman–Crippen LogP) is 1.46. The lowest BCUT2D eigenvalue weighted by Gasteiger charge is -2.00. The molecule has 0 fully saturated rings. The van der Waals surface area contributed by atoms with Crippen molar-refractivity contribution in [2.24, 2.45) is 0 Å². The molecule has 3 nitrogen and oxygen atoms in total. The second kappa shape index (κ2) is 2.77. The average molecular weight is 143 g/mol. The van der Waals surface area contributed by atoms with Crippen LogP contribution < -0.4 is 0 Å². The van der Waals surface area contributed by atoms with Gasteiger partial charge in [0.2, 0.25) is 5.95 Å². The maximum atomic E-state index is 12.6. The number of hydrogen-bond donors (Lipinski definition) is 1. The van der Waals surface area contributed by atoms with E-state index < -0.39 is 5.95 Å². The molecule has 0 saturated heterocycles. The molecule has 0 aromatic carbocycles. The number of nitrogens with one attached hydrogen (secondary N) is 1. The molecule has 0 bridgehead atoms. The monoisotopic (exact) mass is 143 g/mol. The summed E-state index contributed by atoms with van der Waals surface area (Å²) in [6.07, 6.45) is 0.878. The van der Waals surface area contributed by atoms with Crippen LogP contribution in [0.2, 0.25) is 0 Å². The third-order valence-electron chi connectivity index (χ3n) is 1.61. The highest BCUT2D eigenvalue weighted by Gasteiger charge is 2.11. The van der Waals surface area contributed by atoms with E-state index in [4.69, 9.17) is 0 Å².